The molecular formula is C19H18FNO3. The quantitative estimate of drug-likeness (QED) is 0.942. The molecule has 0 saturated heterocycles. The zero-order chi connectivity index (χ0) is 17.3. The fraction of sp³-hybridized carbons (Fsp3) is 0.263. The number of carbonyl (C=O) groups is 2. The molecule has 1 aliphatic rings. The Labute approximate surface area is 139 Å². The molecule has 124 valence electrons. The number of likely N-dealkylation sites (N-methyl/N-ethyl adjacent to an activating group) is 1. The Balaban J connectivity index is 1.79. The summed E-state index contributed by atoms with van der Waals surface area (Å²) in [7, 11) is 1.67. The predicted molar refractivity (Wildman–Crippen MR) is 87.7 cm³/mol. The lowest BCUT2D eigenvalue weighted by Gasteiger charge is -2.32. The minimum atomic E-state index is -1.22. The van der Waals surface area contributed by atoms with Gasteiger partial charge in [0, 0.05) is 13.1 Å². The molecule has 2 aromatic carbocycles. The van der Waals surface area contributed by atoms with Gasteiger partial charge in [-0.1, -0.05) is 24.3 Å². The number of hydrogen-bond donors (Lipinski definition) is 1. The number of nitrogens with zero attached hydrogens (tertiary/aromatic N) is 1. The molecule has 5 heteroatoms. The van der Waals surface area contributed by atoms with Crippen molar-refractivity contribution in [3.63, 3.8) is 0 Å². The van der Waals surface area contributed by atoms with E-state index in [1.807, 2.05) is 12.1 Å². The van der Waals surface area contributed by atoms with Gasteiger partial charge in [0.15, 0.2) is 0 Å². The van der Waals surface area contributed by atoms with E-state index in [0.29, 0.717) is 0 Å². The van der Waals surface area contributed by atoms with Crippen LogP contribution in [0.3, 0.4) is 0 Å². The Morgan fingerprint density at radius 1 is 1.17 bits per heavy atom. The number of amides is 1. The number of benzene rings is 2. The van der Waals surface area contributed by atoms with E-state index in [9.17, 15) is 14.0 Å². The number of fused-ring (bicyclic) bond motifs is 1. The molecule has 1 atom stereocenters. The third kappa shape index (κ3) is 3.02. The highest BCUT2D eigenvalue weighted by molar-refractivity contribution is 5.96. The summed E-state index contributed by atoms with van der Waals surface area (Å²) in [5, 5.41) is 8.88. The van der Waals surface area contributed by atoms with Gasteiger partial charge >= 0.3 is 5.97 Å². The van der Waals surface area contributed by atoms with Gasteiger partial charge < -0.3 is 10.0 Å². The van der Waals surface area contributed by atoms with Crippen molar-refractivity contribution in [1.82, 2.24) is 4.90 Å². The fourth-order valence-electron chi connectivity index (χ4n) is 3.19. The van der Waals surface area contributed by atoms with Gasteiger partial charge in [0.2, 0.25) is 0 Å². The lowest BCUT2D eigenvalue weighted by Crippen LogP contribution is -2.41. The molecule has 0 saturated carbocycles. The van der Waals surface area contributed by atoms with Gasteiger partial charge in [-0.2, -0.15) is 0 Å². The third-order valence-corrected chi connectivity index (χ3v) is 4.64. The van der Waals surface area contributed by atoms with E-state index in [4.69, 9.17) is 5.11 Å². The molecule has 0 aliphatic heterocycles. The average Bonchev–Trinajstić information content (AvgIpc) is 2.60. The second-order valence-electron chi connectivity index (χ2n) is 6.08. The minimum Gasteiger partial charge on any atom is -0.478 e. The van der Waals surface area contributed by atoms with Crippen LogP contribution in [-0.4, -0.2) is 35.0 Å². The summed E-state index contributed by atoms with van der Waals surface area (Å²) in [4.78, 5) is 25.0. The smallest absolute Gasteiger partial charge is 0.335 e. The van der Waals surface area contributed by atoms with Crippen LogP contribution in [0.1, 0.15) is 38.3 Å². The maximum absolute atomic E-state index is 14.1. The first-order valence-electron chi connectivity index (χ1n) is 7.84. The molecule has 0 heterocycles. The van der Waals surface area contributed by atoms with Crippen LogP contribution in [0.2, 0.25) is 0 Å². The first kappa shape index (κ1) is 16.2. The number of aromatic carboxylic acids is 1. The number of carboxylic acid groups (broad SMARTS) is 1. The normalized spacial score (nSPS) is 16.3. The molecule has 1 amide bonds. The lowest BCUT2D eigenvalue weighted by atomic mass is 9.87. The van der Waals surface area contributed by atoms with Gasteiger partial charge in [0.05, 0.1) is 11.1 Å². The topological polar surface area (TPSA) is 57.6 Å². The Morgan fingerprint density at radius 2 is 1.88 bits per heavy atom. The minimum absolute atomic E-state index is 0.00551. The highest BCUT2D eigenvalue weighted by Crippen LogP contribution is 2.25. The zero-order valence-corrected chi connectivity index (χ0v) is 13.3. The van der Waals surface area contributed by atoms with E-state index < -0.39 is 17.7 Å². The lowest BCUT2D eigenvalue weighted by molar-refractivity contribution is 0.0687. The van der Waals surface area contributed by atoms with Crippen molar-refractivity contribution in [3.05, 3.63) is 70.5 Å². The Kier molecular flexibility index (Phi) is 4.34. The number of halogens is 1. The molecule has 0 fully saturated rings. The van der Waals surface area contributed by atoms with Crippen LogP contribution in [0.5, 0.6) is 0 Å². The van der Waals surface area contributed by atoms with Crippen LogP contribution in [0.4, 0.5) is 4.39 Å². The van der Waals surface area contributed by atoms with Crippen molar-refractivity contribution in [3.8, 4) is 0 Å². The van der Waals surface area contributed by atoms with Gasteiger partial charge in [0.25, 0.3) is 5.91 Å². The summed E-state index contributed by atoms with van der Waals surface area (Å²) in [6, 6.07) is 11.5. The number of hydrogen-bond acceptors (Lipinski definition) is 2. The molecule has 3 rings (SSSR count). The largest absolute Gasteiger partial charge is 0.478 e. The third-order valence-electron chi connectivity index (χ3n) is 4.64. The molecule has 0 aromatic heterocycles. The van der Waals surface area contributed by atoms with Crippen molar-refractivity contribution >= 4 is 11.9 Å². The molecule has 1 unspecified atom stereocenters. The Morgan fingerprint density at radius 3 is 2.54 bits per heavy atom. The highest BCUT2D eigenvalue weighted by Gasteiger charge is 2.27. The van der Waals surface area contributed by atoms with Crippen molar-refractivity contribution in [2.45, 2.75) is 25.3 Å². The van der Waals surface area contributed by atoms with E-state index in [1.54, 1.807) is 11.9 Å². The van der Waals surface area contributed by atoms with Crippen LogP contribution in [0.25, 0.3) is 0 Å². The summed E-state index contributed by atoms with van der Waals surface area (Å²) < 4.78 is 14.1. The van der Waals surface area contributed by atoms with Gasteiger partial charge in [-0.25, -0.2) is 9.18 Å². The zero-order valence-electron chi connectivity index (χ0n) is 13.3. The van der Waals surface area contributed by atoms with Crippen LogP contribution < -0.4 is 0 Å². The van der Waals surface area contributed by atoms with E-state index in [-0.39, 0.29) is 17.2 Å². The molecule has 4 nitrogen and oxygen atoms in total. The van der Waals surface area contributed by atoms with Crippen molar-refractivity contribution < 1.29 is 19.1 Å². The molecule has 0 bridgehead atoms. The predicted octanol–water partition coefficient (Wildman–Crippen LogP) is 3.15. The molecule has 1 aliphatic carbocycles. The second-order valence-corrected chi connectivity index (χ2v) is 6.08. The molecule has 1 N–H and O–H groups in total. The summed E-state index contributed by atoms with van der Waals surface area (Å²) in [6.45, 7) is 0. The van der Waals surface area contributed by atoms with Crippen molar-refractivity contribution in [1.29, 1.82) is 0 Å². The SMILES string of the molecule is CN(C(=O)c1ccc(C(=O)O)cc1F)C1CCc2ccccc2C1. The number of rotatable bonds is 3. The summed E-state index contributed by atoms with van der Waals surface area (Å²) >= 11 is 0. The maximum Gasteiger partial charge on any atom is 0.335 e. The van der Waals surface area contributed by atoms with E-state index in [1.165, 1.54) is 23.3 Å². The summed E-state index contributed by atoms with van der Waals surface area (Å²) in [5.41, 5.74) is 2.25. The van der Waals surface area contributed by atoms with Crippen molar-refractivity contribution in [2.75, 3.05) is 7.05 Å². The Hall–Kier alpha value is -2.69. The van der Waals surface area contributed by atoms with Gasteiger partial charge in [-0.15, -0.1) is 0 Å². The van der Waals surface area contributed by atoms with Crippen LogP contribution in [-0.2, 0) is 12.8 Å². The van der Waals surface area contributed by atoms with E-state index in [2.05, 4.69) is 12.1 Å². The first-order valence-corrected chi connectivity index (χ1v) is 7.84. The van der Waals surface area contributed by atoms with E-state index in [0.717, 1.165) is 25.3 Å². The fourth-order valence-corrected chi connectivity index (χ4v) is 3.19. The molecule has 24 heavy (non-hydrogen) atoms. The van der Waals surface area contributed by atoms with Crippen LogP contribution >= 0.6 is 0 Å². The van der Waals surface area contributed by atoms with Crippen molar-refractivity contribution in [2.24, 2.45) is 0 Å². The molecule has 2 aromatic rings. The monoisotopic (exact) mass is 327 g/mol. The second kappa shape index (κ2) is 6.43. The summed E-state index contributed by atoms with van der Waals surface area (Å²) in [6.07, 6.45) is 2.46. The average molecular weight is 327 g/mol. The van der Waals surface area contributed by atoms with Gasteiger partial charge in [-0.3, -0.25) is 4.79 Å². The molecule has 0 radical (unpaired) electrons. The van der Waals surface area contributed by atoms with Crippen LogP contribution in [0, 0.1) is 5.82 Å². The first-order chi connectivity index (χ1) is 11.5. The summed E-state index contributed by atoms with van der Waals surface area (Å²) in [5.74, 6) is -2.44. The standard InChI is InChI=1S/C19H18FNO3/c1-21(15-8-6-12-4-2-3-5-13(12)10-15)18(22)16-9-7-14(19(23)24)11-17(16)20/h2-5,7,9,11,15H,6,8,10H2,1H3,(H,23,24). The van der Waals surface area contributed by atoms with E-state index >= 15 is 0 Å². The van der Waals surface area contributed by atoms with Gasteiger partial charge in [0.1, 0.15) is 5.82 Å². The molecular weight excluding hydrogens is 309 g/mol. The van der Waals surface area contributed by atoms with Gasteiger partial charge in [-0.05, 0) is 48.6 Å². The maximum atomic E-state index is 14.1. The number of carbonyl (C=O) groups excluding carboxylic acids is 1. The number of carboxylic acids is 1. The Bertz CT molecular complexity index is 803. The number of aryl methyl sites for hydroxylation is 1. The van der Waals surface area contributed by atoms with Crippen LogP contribution in [0.15, 0.2) is 42.5 Å². The highest BCUT2D eigenvalue weighted by atomic mass is 19.1. The molecule has 0 spiro atoms.